The first-order chi connectivity index (χ1) is 21.8. The number of rotatable bonds is 3. The number of hydrogen-bond acceptors (Lipinski definition) is 0. The van der Waals surface area contributed by atoms with Crippen molar-refractivity contribution < 1.29 is 0 Å². The minimum Gasteiger partial charge on any atom is -0.0656 e. The van der Waals surface area contributed by atoms with E-state index in [-0.39, 0.29) is 0 Å². The summed E-state index contributed by atoms with van der Waals surface area (Å²) in [6.45, 7) is 9.66. The summed E-state index contributed by atoms with van der Waals surface area (Å²) in [6.07, 6.45) is 0. The van der Waals surface area contributed by atoms with Gasteiger partial charge in [0.2, 0.25) is 0 Å². The molecule has 214 valence electrons. The van der Waals surface area contributed by atoms with E-state index in [4.69, 9.17) is 0 Å². The quantitative estimate of drug-likeness (QED) is 0.109. The zero-order valence-corrected chi connectivity index (χ0v) is 27.2. The Balaban J connectivity index is 1.41. The van der Waals surface area contributed by atoms with Gasteiger partial charge in [-0.3, -0.25) is 0 Å². The lowest BCUT2D eigenvalue weighted by Gasteiger charge is -2.23. The van der Waals surface area contributed by atoms with E-state index >= 15 is 0 Å². The van der Waals surface area contributed by atoms with Crippen molar-refractivity contribution in [1.29, 1.82) is 0 Å². The second kappa shape index (κ2) is 9.51. The molecule has 0 atom stereocenters. The van der Waals surface area contributed by atoms with E-state index in [1.165, 1.54) is 97.6 Å². The predicted octanol–water partition coefficient (Wildman–Crippen LogP) is 12.2. The third kappa shape index (κ3) is 4.04. The Hall–Kier alpha value is -4.98. The Morgan fingerprint density at radius 2 is 0.822 bits per heavy atom. The van der Waals surface area contributed by atoms with E-state index in [2.05, 4.69) is 160 Å². The van der Waals surface area contributed by atoms with Gasteiger partial charge >= 0.3 is 0 Å². The van der Waals surface area contributed by atoms with Gasteiger partial charge in [0, 0.05) is 0 Å². The lowest BCUT2D eigenvalue weighted by molar-refractivity contribution is 1.53. The third-order valence-electron chi connectivity index (χ3n) is 9.94. The van der Waals surface area contributed by atoms with Crippen LogP contribution in [0.4, 0.5) is 0 Å². The van der Waals surface area contributed by atoms with Gasteiger partial charge in [-0.1, -0.05) is 146 Å². The van der Waals surface area contributed by atoms with E-state index in [1.807, 2.05) is 0 Å². The number of aryl methyl sites for hydroxylation is 1. The van der Waals surface area contributed by atoms with E-state index in [0.29, 0.717) is 0 Å². The average Bonchev–Trinajstić information content (AvgIpc) is 3.05. The summed E-state index contributed by atoms with van der Waals surface area (Å²) < 4.78 is 0. The first-order valence-corrected chi connectivity index (χ1v) is 19.5. The van der Waals surface area contributed by atoms with E-state index < -0.39 is 8.07 Å². The van der Waals surface area contributed by atoms with Crippen molar-refractivity contribution >= 4 is 77.9 Å². The van der Waals surface area contributed by atoms with Gasteiger partial charge in [-0.2, -0.15) is 0 Å². The maximum Gasteiger partial charge on any atom is 0.0776 e. The van der Waals surface area contributed by atoms with Crippen molar-refractivity contribution in [3.05, 3.63) is 139 Å². The molecule has 0 N–H and O–H groups in total. The maximum atomic E-state index is 2.54. The van der Waals surface area contributed by atoms with E-state index in [9.17, 15) is 0 Å². The highest BCUT2D eigenvalue weighted by atomic mass is 28.3. The molecule has 0 saturated heterocycles. The van der Waals surface area contributed by atoms with Crippen molar-refractivity contribution in [1.82, 2.24) is 0 Å². The second-order valence-corrected chi connectivity index (χ2v) is 19.0. The predicted molar refractivity (Wildman–Crippen MR) is 201 cm³/mol. The summed E-state index contributed by atoms with van der Waals surface area (Å²) in [5.74, 6) is 0. The summed E-state index contributed by atoms with van der Waals surface area (Å²) >= 11 is 0. The normalized spacial score (nSPS) is 12.4. The highest BCUT2D eigenvalue weighted by molar-refractivity contribution is 6.89. The van der Waals surface area contributed by atoms with Crippen LogP contribution in [0.25, 0.3) is 86.9 Å². The fraction of sp³-hybridized carbons (Fsp3) is 0.0909. The molecule has 45 heavy (non-hydrogen) atoms. The minimum atomic E-state index is -1.63. The number of fused-ring (bicyclic) bond motifs is 4. The van der Waals surface area contributed by atoms with Crippen LogP contribution in [-0.2, 0) is 0 Å². The van der Waals surface area contributed by atoms with E-state index in [1.54, 1.807) is 0 Å². The molecule has 0 aliphatic heterocycles. The summed E-state index contributed by atoms with van der Waals surface area (Å²) in [6, 6.07) is 50.6. The monoisotopic (exact) mass is 590 g/mol. The van der Waals surface area contributed by atoms with E-state index in [0.717, 1.165) is 0 Å². The van der Waals surface area contributed by atoms with Crippen LogP contribution in [-0.4, -0.2) is 8.07 Å². The topological polar surface area (TPSA) is 0 Å². The summed E-state index contributed by atoms with van der Waals surface area (Å²) in [7, 11) is -1.63. The largest absolute Gasteiger partial charge is 0.0776 e. The molecule has 0 nitrogen and oxygen atoms in total. The fourth-order valence-electron chi connectivity index (χ4n) is 7.64. The smallest absolute Gasteiger partial charge is 0.0656 e. The molecule has 0 fully saturated rings. The molecular formula is C44H34Si. The average molecular weight is 591 g/mol. The summed E-state index contributed by atoms with van der Waals surface area (Å²) in [4.78, 5) is 0. The van der Waals surface area contributed by atoms with Crippen LogP contribution in [0.5, 0.6) is 0 Å². The Labute approximate surface area is 264 Å². The fourth-order valence-corrected chi connectivity index (χ4v) is 8.79. The van der Waals surface area contributed by atoms with Gasteiger partial charge < -0.3 is 0 Å². The van der Waals surface area contributed by atoms with Crippen LogP contribution in [0, 0.1) is 6.92 Å². The van der Waals surface area contributed by atoms with Gasteiger partial charge in [0.1, 0.15) is 0 Å². The van der Waals surface area contributed by atoms with Crippen LogP contribution in [0.15, 0.2) is 133 Å². The Kier molecular flexibility index (Phi) is 5.58. The van der Waals surface area contributed by atoms with Crippen molar-refractivity contribution in [3.8, 4) is 22.3 Å². The standard InChI is InChI=1S/C44H34Si/c1-27-21-39-35(32-15-13-28-9-5-7-11-30(28)23-32)17-20-38-42-26-34(45(2,3)4)25-41-36(18-19-37(44(41)42)40(22-27)43(38)39)33-16-14-29-10-6-8-12-31(29)24-33/h5-26H,1-4H3. The molecular weight excluding hydrogens is 557 g/mol. The lowest BCUT2D eigenvalue weighted by atomic mass is 9.84. The Morgan fingerprint density at radius 3 is 1.36 bits per heavy atom. The molecule has 0 unspecified atom stereocenters. The highest BCUT2D eigenvalue weighted by Crippen LogP contribution is 2.46. The molecule has 0 aliphatic rings. The molecule has 0 amide bonds. The zero-order chi connectivity index (χ0) is 30.4. The third-order valence-corrected chi connectivity index (χ3v) is 12.0. The summed E-state index contributed by atoms with van der Waals surface area (Å²) in [5, 5.41) is 17.6. The maximum absolute atomic E-state index is 2.54. The molecule has 0 heterocycles. The second-order valence-electron chi connectivity index (χ2n) is 13.9. The molecule has 0 aromatic heterocycles. The van der Waals surface area contributed by atoms with Gasteiger partial charge in [0.25, 0.3) is 0 Å². The molecule has 9 aromatic rings. The number of hydrogen-bond donors (Lipinski definition) is 0. The molecule has 0 radical (unpaired) electrons. The molecule has 0 bridgehead atoms. The van der Waals surface area contributed by atoms with Crippen molar-refractivity contribution in [3.63, 3.8) is 0 Å². The van der Waals surface area contributed by atoms with Gasteiger partial charge in [-0.25, -0.2) is 0 Å². The SMILES string of the molecule is Cc1cc2c(-c3ccc4ccccc4c3)ccc3c4cc([Si](C)(C)C)cc5c(-c6ccc7ccccc7c6)ccc(c(c1)c23)c54. The van der Waals surface area contributed by atoms with Crippen molar-refractivity contribution in [2.45, 2.75) is 26.6 Å². The molecule has 9 rings (SSSR count). The van der Waals surface area contributed by atoms with Gasteiger partial charge in [0.05, 0.1) is 8.07 Å². The number of benzene rings is 9. The molecule has 1 heteroatoms. The van der Waals surface area contributed by atoms with Crippen LogP contribution in [0.2, 0.25) is 19.6 Å². The van der Waals surface area contributed by atoms with Gasteiger partial charge in [-0.05, 0) is 112 Å². The Bertz CT molecular complexity index is 2630. The van der Waals surface area contributed by atoms with Crippen LogP contribution < -0.4 is 5.19 Å². The lowest BCUT2D eigenvalue weighted by Crippen LogP contribution is -2.37. The van der Waals surface area contributed by atoms with Crippen LogP contribution >= 0.6 is 0 Å². The molecule has 0 aliphatic carbocycles. The highest BCUT2D eigenvalue weighted by Gasteiger charge is 2.23. The van der Waals surface area contributed by atoms with Gasteiger partial charge in [0.15, 0.2) is 0 Å². The molecule has 9 aromatic carbocycles. The van der Waals surface area contributed by atoms with Crippen molar-refractivity contribution in [2.24, 2.45) is 0 Å². The zero-order valence-electron chi connectivity index (χ0n) is 26.2. The van der Waals surface area contributed by atoms with Crippen LogP contribution in [0.1, 0.15) is 5.56 Å². The Morgan fingerprint density at radius 1 is 0.378 bits per heavy atom. The van der Waals surface area contributed by atoms with Crippen molar-refractivity contribution in [2.75, 3.05) is 0 Å². The first kappa shape index (κ1) is 26.4. The van der Waals surface area contributed by atoms with Crippen LogP contribution in [0.3, 0.4) is 0 Å². The summed E-state index contributed by atoms with van der Waals surface area (Å²) in [5.41, 5.74) is 6.48. The molecule has 0 spiro atoms. The molecule has 0 saturated carbocycles. The first-order valence-electron chi connectivity index (χ1n) is 16.0. The minimum absolute atomic E-state index is 1.27. The van der Waals surface area contributed by atoms with Gasteiger partial charge in [-0.15, -0.1) is 0 Å².